The van der Waals surface area contributed by atoms with E-state index in [9.17, 15) is 14.4 Å². The van der Waals surface area contributed by atoms with E-state index in [1.165, 1.54) is 12.3 Å². The molecule has 0 radical (unpaired) electrons. The van der Waals surface area contributed by atoms with E-state index >= 15 is 0 Å². The van der Waals surface area contributed by atoms with Gasteiger partial charge in [0.2, 0.25) is 0 Å². The second-order valence-corrected chi connectivity index (χ2v) is 4.48. The first-order valence-electron chi connectivity index (χ1n) is 5.27. The van der Waals surface area contributed by atoms with Crippen LogP contribution in [-0.2, 0) is 9.59 Å². The zero-order chi connectivity index (χ0) is 14.4. The summed E-state index contributed by atoms with van der Waals surface area (Å²) in [5, 5.41) is 19.7. The topological polar surface area (TPSA) is 117 Å². The second-order valence-electron chi connectivity index (χ2n) is 3.67. The zero-order valence-electron chi connectivity index (χ0n) is 9.67. The number of halogens is 1. The molecule has 1 unspecified atom stereocenters. The first kappa shape index (κ1) is 15.1. The molecule has 1 aromatic rings. The van der Waals surface area contributed by atoms with Crippen LogP contribution in [-0.4, -0.2) is 39.1 Å². The van der Waals surface area contributed by atoms with Crippen molar-refractivity contribution in [2.45, 2.75) is 18.9 Å². The molecular formula is C11H11BrN2O5. The Balaban J connectivity index is 2.68. The predicted molar refractivity (Wildman–Crippen MR) is 67.7 cm³/mol. The lowest BCUT2D eigenvalue weighted by Crippen LogP contribution is -2.41. The molecule has 102 valence electrons. The minimum Gasteiger partial charge on any atom is -0.481 e. The molecule has 1 amide bonds. The highest BCUT2D eigenvalue weighted by Crippen LogP contribution is 2.07. The van der Waals surface area contributed by atoms with Gasteiger partial charge in [-0.1, -0.05) is 0 Å². The molecular weight excluding hydrogens is 320 g/mol. The van der Waals surface area contributed by atoms with Gasteiger partial charge < -0.3 is 15.5 Å². The van der Waals surface area contributed by atoms with Crippen molar-refractivity contribution in [3.63, 3.8) is 0 Å². The minimum atomic E-state index is -1.28. The van der Waals surface area contributed by atoms with E-state index in [4.69, 9.17) is 10.2 Å². The maximum Gasteiger partial charge on any atom is 0.326 e. The first-order valence-corrected chi connectivity index (χ1v) is 6.06. The van der Waals surface area contributed by atoms with E-state index in [1.54, 1.807) is 6.07 Å². The van der Waals surface area contributed by atoms with Crippen LogP contribution < -0.4 is 5.32 Å². The van der Waals surface area contributed by atoms with Crippen molar-refractivity contribution in [3.05, 3.63) is 28.5 Å². The minimum absolute atomic E-state index is 0.180. The normalized spacial score (nSPS) is 11.6. The van der Waals surface area contributed by atoms with Gasteiger partial charge >= 0.3 is 11.9 Å². The van der Waals surface area contributed by atoms with E-state index in [2.05, 4.69) is 26.2 Å². The summed E-state index contributed by atoms with van der Waals surface area (Å²) in [6.07, 6.45) is 0.770. The number of carbonyl (C=O) groups is 3. The van der Waals surface area contributed by atoms with E-state index in [1.807, 2.05) is 0 Å². The first-order chi connectivity index (χ1) is 8.90. The SMILES string of the molecule is O=C(O)CCC(NC(=O)c1ccc(Br)nc1)C(=O)O. The van der Waals surface area contributed by atoms with Crippen molar-refractivity contribution in [3.8, 4) is 0 Å². The molecule has 0 fully saturated rings. The van der Waals surface area contributed by atoms with Gasteiger partial charge in [-0.15, -0.1) is 0 Å². The Bertz CT molecular complexity index is 488. The summed E-state index contributed by atoms with van der Waals surface area (Å²) in [6.45, 7) is 0. The number of carboxylic acids is 2. The lowest BCUT2D eigenvalue weighted by Gasteiger charge is -2.13. The Morgan fingerprint density at radius 3 is 2.47 bits per heavy atom. The maximum atomic E-state index is 11.7. The van der Waals surface area contributed by atoms with Crippen LogP contribution in [0.15, 0.2) is 22.9 Å². The van der Waals surface area contributed by atoms with Crippen LogP contribution in [0.4, 0.5) is 0 Å². The molecule has 1 heterocycles. The second kappa shape index (κ2) is 6.83. The third-order valence-electron chi connectivity index (χ3n) is 2.24. The Hall–Kier alpha value is -1.96. The van der Waals surface area contributed by atoms with Gasteiger partial charge in [0.15, 0.2) is 0 Å². The fourth-order valence-corrected chi connectivity index (χ4v) is 1.51. The summed E-state index contributed by atoms with van der Waals surface area (Å²) in [5.41, 5.74) is 0.199. The number of carbonyl (C=O) groups excluding carboxylic acids is 1. The lowest BCUT2D eigenvalue weighted by atomic mass is 10.1. The molecule has 0 bridgehead atoms. The van der Waals surface area contributed by atoms with Crippen molar-refractivity contribution >= 4 is 33.8 Å². The summed E-state index contributed by atoms with van der Waals surface area (Å²) >= 11 is 3.11. The standard InChI is InChI=1S/C11H11BrN2O5/c12-8-3-1-6(5-13-8)10(17)14-7(11(18)19)2-4-9(15)16/h1,3,5,7H,2,4H2,(H,14,17)(H,15,16)(H,18,19). The van der Waals surface area contributed by atoms with Crippen molar-refractivity contribution in [2.24, 2.45) is 0 Å². The van der Waals surface area contributed by atoms with Gasteiger partial charge in [-0.25, -0.2) is 9.78 Å². The van der Waals surface area contributed by atoms with Gasteiger partial charge in [0, 0.05) is 12.6 Å². The summed E-state index contributed by atoms with van der Waals surface area (Å²) in [5.74, 6) is -3.01. The maximum absolute atomic E-state index is 11.7. The highest BCUT2D eigenvalue weighted by molar-refractivity contribution is 9.10. The average Bonchev–Trinajstić information content (AvgIpc) is 2.34. The molecule has 0 aliphatic heterocycles. The summed E-state index contributed by atoms with van der Waals surface area (Å²) in [4.78, 5) is 36.9. The highest BCUT2D eigenvalue weighted by Gasteiger charge is 2.21. The number of amides is 1. The summed E-state index contributed by atoms with van der Waals surface area (Å²) < 4.78 is 0.546. The monoisotopic (exact) mass is 330 g/mol. The molecule has 3 N–H and O–H groups in total. The molecule has 0 aromatic carbocycles. The fourth-order valence-electron chi connectivity index (χ4n) is 1.28. The number of hydrogen-bond acceptors (Lipinski definition) is 4. The zero-order valence-corrected chi connectivity index (χ0v) is 11.3. The van der Waals surface area contributed by atoms with Crippen molar-refractivity contribution < 1.29 is 24.6 Å². The lowest BCUT2D eigenvalue weighted by molar-refractivity contribution is -0.140. The number of rotatable bonds is 6. The van der Waals surface area contributed by atoms with Crippen molar-refractivity contribution in [2.75, 3.05) is 0 Å². The largest absolute Gasteiger partial charge is 0.481 e. The average molecular weight is 331 g/mol. The Labute approximate surface area is 116 Å². The Morgan fingerprint density at radius 2 is 2.00 bits per heavy atom. The number of aromatic nitrogens is 1. The molecule has 1 atom stereocenters. The van der Waals surface area contributed by atoms with Gasteiger partial charge in [0.1, 0.15) is 10.6 Å². The quantitative estimate of drug-likeness (QED) is 0.667. The number of carboxylic acid groups (broad SMARTS) is 2. The number of hydrogen-bond donors (Lipinski definition) is 3. The molecule has 1 rings (SSSR count). The smallest absolute Gasteiger partial charge is 0.326 e. The third-order valence-corrected chi connectivity index (χ3v) is 2.71. The van der Waals surface area contributed by atoms with Gasteiger partial charge in [-0.3, -0.25) is 9.59 Å². The number of aliphatic carboxylic acids is 2. The predicted octanol–water partition coefficient (Wildman–Crippen LogP) is 0.892. The van der Waals surface area contributed by atoms with E-state index < -0.39 is 23.9 Å². The van der Waals surface area contributed by atoms with Gasteiger partial charge in [-0.2, -0.15) is 0 Å². The highest BCUT2D eigenvalue weighted by atomic mass is 79.9. The van der Waals surface area contributed by atoms with Crippen LogP contribution in [0.2, 0.25) is 0 Å². The van der Waals surface area contributed by atoms with E-state index in [-0.39, 0.29) is 18.4 Å². The molecule has 19 heavy (non-hydrogen) atoms. The van der Waals surface area contributed by atoms with Crippen LogP contribution in [0, 0.1) is 0 Å². The molecule has 7 nitrogen and oxygen atoms in total. The van der Waals surface area contributed by atoms with Crippen LogP contribution in [0.25, 0.3) is 0 Å². The molecule has 0 spiro atoms. The Kier molecular flexibility index (Phi) is 5.43. The number of nitrogens with zero attached hydrogens (tertiary/aromatic N) is 1. The van der Waals surface area contributed by atoms with Crippen LogP contribution in [0.3, 0.4) is 0 Å². The molecule has 0 saturated heterocycles. The van der Waals surface area contributed by atoms with Gasteiger partial charge in [-0.05, 0) is 34.5 Å². The van der Waals surface area contributed by atoms with Crippen molar-refractivity contribution in [1.82, 2.24) is 10.3 Å². The van der Waals surface area contributed by atoms with Crippen LogP contribution in [0.5, 0.6) is 0 Å². The Morgan fingerprint density at radius 1 is 1.32 bits per heavy atom. The number of pyridine rings is 1. The summed E-state index contributed by atoms with van der Waals surface area (Å²) in [6, 6.07) is 1.78. The van der Waals surface area contributed by atoms with Gasteiger partial charge in [0.05, 0.1) is 5.56 Å². The van der Waals surface area contributed by atoms with E-state index in [0.29, 0.717) is 4.60 Å². The van der Waals surface area contributed by atoms with Gasteiger partial charge in [0.25, 0.3) is 5.91 Å². The molecule has 8 heteroatoms. The van der Waals surface area contributed by atoms with Crippen molar-refractivity contribution in [1.29, 1.82) is 0 Å². The van der Waals surface area contributed by atoms with Crippen LogP contribution in [0.1, 0.15) is 23.2 Å². The number of nitrogens with one attached hydrogen (secondary N) is 1. The van der Waals surface area contributed by atoms with Crippen LogP contribution >= 0.6 is 15.9 Å². The molecule has 0 aliphatic carbocycles. The third kappa shape index (κ3) is 5.04. The van der Waals surface area contributed by atoms with E-state index in [0.717, 1.165) is 0 Å². The fraction of sp³-hybridized carbons (Fsp3) is 0.273. The molecule has 1 aromatic heterocycles. The summed E-state index contributed by atoms with van der Waals surface area (Å²) in [7, 11) is 0. The molecule has 0 saturated carbocycles. The molecule has 0 aliphatic rings.